The number of fused-ring (bicyclic) bond motifs is 3. The maximum absolute atomic E-state index is 12.4. The Morgan fingerprint density at radius 2 is 1.96 bits per heavy atom. The molecule has 3 saturated heterocycles. The molecule has 11 nitrogen and oxygen atoms in total. The Labute approximate surface area is 275 Å². The van der Waals surface area contributed by atoms with Crippen molar-refractivity contribution >= 4 is 45.9 Å². The van der Waals surface area contributed by atoms with Gasteiger partial charge in [0.15, 0.2) is 11.5 Å². The minimum Gasteiger partial charge on any atom is -0.465 e. The van der Waals surface area contributed by atoms with Crippen molar-refractivity contribution in [1.29, 1.82) is 0 Å². The molecule has 4 aliphatic heterocycles. The Hall–Kier alpha value is -3.61. The standard InChI is InChI=1S/C33H33Cl2N5O6/c1-33(28-7-6-20(34)14-36-28)45-27-5-3-4-23(31(27)46-33)39-10-9-38(25-17-43-18-26(25)39)16-29-37-30-22(35)12-19(32(41)42-2)13-24(30)40(29)15-21-8-11-44-21/h3-7,12-14,21,25-26H,8-11,15-18H2,1-2H3/t21-,25+,26-,33+/m0/s1. The minimum absolute atomic E-state index is 0.0895. The quantitative estimate of drug-likeness (QED) is 0.249. The van der Waals surface area contributed by atoms with Gasteiger partial charge in [0.1, 0.15) is 17.0 Å². The van der Waals surface area contributed by atoms with E-state index in [1.807, 2.05) is 31.2 Å². The topological polar surface area (TPSA) is 100 Å². The predicted octanol–water partition coefficient (Wildman–Crippen LogP) is 5.05. The number of aromatic nitrogens is 3. The van der Waals surface area contributed by atoms with Gasteiger partial charge in [0.25, 0.3) is 5.79 Å². The van der Waals surface area contributed by atoms with Crippen LogP contribution in [-0.2, 0) is 33.1 Å². The molecule has 240 valence electrons. The number of carbonyl (C=O) groups is 1. The van der Waals surface area contributed by atoms with Crippen LogP contribution in [0.25, 0.3) is 11.0 Å². The van der Waals surface area contributed by atoms with Gasteiger partial charge in [0.05, 0.1) is 78.4 Å². The molecule has 0 spiro atoms. The SMILES string of the molecule is COC(=O)c1cc(Cl)c2nc(CN3CCN(c4cccc5c4O[C@](C)(c4ccc(Cl)cn4)O5)[C@H]4COC[C@H]43)n(C[C@@H]3CCO3)c2c1. The summed E-state index contributed by atoms with van der Waals surface area (Å²) in [6.07, 6.45) is 2.66. The van der Waals surface area contributed by atoms with Gasteiger partial charge in [0, 0.05) is 32.8 Å². The second-order valence-corrected chi connectivity index (χ2v) is 13.0. The molecule has 0 unspecified atom stereocenters. The first kappa shape index (κ1) is 29.8. The molecule has 13 heteroatoms. The highest BCUT2D eigenvalue weighted by atomic mass is 35.5. The van der Waals surface area contributed by atoms with Crippen LogP contribution >= 0.6 is 23.2 Å². The molecule has 8 rings (SSSR count). The number of halogens is 2. The zero-order valence-electron chi connectivity index (χ0n) is 25.4. The Morgan fingerprint density at radius 3 is 2.72 bits per heavy atom. The summed E-state index contributed by atoms with van der Waals surface area (Å²) in [4.78, 5) is 26.7. The van der Waals surface area contributed by atoms with E-state index in [9.17, 15) is 4.79 Å². The van der Waals surface area contributed by atoms with Crippen molar-refractivity contribution in [3.8, 4) is 11.5 Å². The highest BCUT2D eigenvalue weighted by Crippen LogP contribution is 2.50. The maximum atomic E-state index is 12.4. The second kappa shape index (κ2) is 11.6. The van der Waals surface area contributed by atoms with Crippen LogP contribution in [-0.4, -0.2) is 83.6 Å². The highest BCUT2D eigenvalue weighted by Gasteiger charge is 2.46. The normalized spacial score (nSPS) is 25.5. The van der Waals surface area contributed by atoms with Crippen LogP contribution in [0.5, 0.6) is 11.5 Å². The van der Waals surface area contributed by atoms with E-state index in [-0.39, 0.29) is 18.2 Å². The maximum Gasteiger partial charge on any atom is 0.337 e. The number of pyridine rings is 1. The van der Waals surface area contributed by atoms with E-state index in [1.54, 1.807) is 18.3 Å². The highest BCUT2D eigenvalue weighted by molar-refractivity contribution is 6.35. The number of hydrogen-bond donors (Lipinski definition) is 0. The number of imidazole rings is 1. The summed E-state index contributed by atoms with van der Waals surface area (Å²) in [5, 5.41) is 0.968. The molecule has 4 aliphatic rings. The van der Waals surface area contributed by atoms with E-state index < -0.39 is 11.8 Å². The lowest BCUT2D eigenvalue weighted by Gasteiger charge is -2.44. The summed E-state index contributed by atoms with van der Waals surface area (Å²) in [5.41, 5.74) is 3.46. The van der Waals surface area contributed by atoms with Crippen LogP contribution in [0.1, 0.15) is 35.2 Å². The number of piperazine rings is 1. The molecule has 4 atom stereocenters. The largest absolute Gasteiger partial charge is 0.465 e. The van der Waals surface area contributed by atoms with Crippen LogP contribution in [0.3, 0.4) is 0 Å². The van der Waals surface area contributed by atoms with Crippen LogP contribution in [0.4, 0.5) is 5.69 Å². The molecule has 0 radical (unpaired) electrons. The zero-order valence-corrected chi connectivity index (χ0v) is 27.0. The molecular formula is C33H33Cl2N5O6. The van der Waals surface area contributed by atoms with Gasteiger partial charge in [-0.15, -0.1) is 0 Å². The predicted molar refractivity (Wildman–Crippen MR) is 171 cm³/mol. The van der Waals surface area contributed by atoms with E-state index in [2.05, 4.69) is 25.4 Å². The smallest absolute Gasteiger partial charge is 0.337 e. The summed E-state index contributed by atoms with van der Waals surface area (Å²) in [5.74, 6) is 0.724. The Morgan fingerprint density at radius 1 is 1.11 bits per heavy atom. The van der Waals surface area contributed by atoms with Crippen molar-refractivity contribution in [2.45, 2.75) is 50.4 Å². The number of hydrogen-bond acceptors (Lipinski definition) is 10. The number of nitrogens with zero attached hydrogens (tertiary/aromatic N) is 5. The van der Waals surface area contributed by atoms with Crippen molar-refractivity contribution in [2.75, 3.05) is 44.9 Å². The van der Waals surface area contributed by atoms with E-state index in [4.69, 9.17) is 51.9 Å². The molecular weight excluding hydrogens is 633 g/mol. The Kier molecular flexibility index (Phi) is 7.49. The fourth-order valence-electron chi connectivity index (χ4n) is 6.93. The number of benzene rings is 2. The summed E-state index contributed by atoms with van der Waals surface area (Å²) < 4.78 is 31.9. The molecule has 6 heterocycles. The second-order valence-electron chi connectivity index (χ2n) is 12.2. The molecule has 2 aromatic heterocycles. The number of ether oxygens (including phenoxy) is 5. The van der Waals surface area contributed by atoms with Crippen molar-refractivity contribution in [1.82, 2.24) is 19.4 Å². The van der Waals surface area contributed by atoms with Gasteiger partial charge < -0.3 is 33.2 Å². The first-order chi connectivity index (χ1) is 22.3. The fourth-order valence-corrected chi connectivity index (χ4v) is 7.30. The average Bonchev–Trinajstić information content (AvgIpc) is 3.75. The number of para-hydroxylation sites is 1. The lowest BCUT2D eigenvalue weighted by molar-refractivity contribution is -0.0716. The third-order valence-corrected chi connectivity index (χ3v) is 9.92. The third kappa shape index (κ3) is 5.05. The van der Waals surface area contributed by atoms with Crippen molar-refractivity contribution in [3.63, 3.8) is 0 Å². The van der Waals surface area contributed by atoms with Gasteiger partial charge in [-0.25, -0.2) is 9.78 Å². The number of rotatable bonds is 7. The summed E-state index contributed by atoms with van der Waals surface area (Å²) >= 11 is 12.8. The number of esters is 1. The minimum atomic E-state index is -1.07. The van der Waals surface area contributed by atoms with Crippen LogP contribution in [0, 0.1) is 0 Å². The monoisotopic (exact) mass is 665 g/mol. The van der Waals surface area contributed by atoms with Gasteiger partial charge in [-0.2, -0.15) is 0 Å². The van der Waals surface area contributed by atoms with Gasteiger partial charge in [-0.3, -0.25) is 9.88 Å². The van der Waals surface area contributed by atoms with Gasteiger partial charge in [0.2, 0.25) is 0 Å². The lowest BCUT2D eigenvalue weighted by atomic mass is 10.0. The van der Waals surface area contributed by atoms with E-state index in [0.717, 1.165) is 43.1 Å². The lowest BCUT2D eigenvalue weighted by Crippen LogP contribution is -2.59. The number of methoxy groups -OCH3 is 1. The first-order valence-electron chi connectivity index (χ1n) is 15.4. The first-order valence-corrected chi connectivity index (χ1v) is 16.2. The van der Waals surface area contributed by atoms with E-state index in [0.29, 0.717) is 64.6 Å². The van der Waals surface area contributed by atoms with Crippen molar-refractivity contribution < 1.29 is 28.5 Å². The molecule has 0 N–H and O–H groups in total. The molecule has 2 aromatic carbocycles. The molecule has 4 aromatic rings. The summed E-state index contributed by atoms with van der Waals surface area (Å²) in [6.45, 7) is 6.55. The van der Waals surface area contributed by atoms with Gasteiger partial charge in [-0.1, -0.05) is 29.3 Å². The Balaban J connectivity index is 1.08. The van der Waals surface area contributed by atoms with Crippen LogP contribution < -0.4 is 14.4 Å². The molecule has 46 heavy (non-hydrogen) atoms. The van der Waals surface area contributed by atoms with Crippen molar-refractivity contribution in [2.24, 2.45) is 0 Å². The fraction of sp³-hybridized carbons (Fsp3) is 0.424. The van der Waals surface area contributed by atoms with Gasteiger partial charge >= 0.3 is 5.97 Å². The molecule has 0 saturated carbocycles. The van der Waals surface area contributed by atoms with Gasteiger partial charge in [-0.05, 0) is 42.8 Å². The van der Waals surface area contributed by atoms with Crippen LogP contribution in [0.15, 0.2) is 48.7 Å². The Bertz CT molecular complexity index is 1810. The summed E-state index contributed by atoms with van der Waals surface area (Å²) in [7, 11) is 1.36. The summed E-state index contributed by atoms with van der Waals surface area (Å²) in [6, 6.07) is 13.2. The van der Waals surface area contributed by atoms with E-state index >= 15 is 0 Å². The zero-order chi connectivity index (χ0) is 31.6. The molecule has 0 amide bonds. The molecule has 3 fully saturated rings. The van der Waals surface area contributed by atoms with Crippen molar-refractivity contribution in [3.05, 3.63) is 75.8 Å². The number of carbonyl (C=O) groups excluding carboxylic acids is 1. The third-order valence-electron chi connectivity index (χ3n) is 9.41. The molecule has 0 aliphatic carbocycles. The average molecular weight is 667 g/mol. The van der Waals surface area contributed by atoms with E-state index in [1.165, 1.54) is 7.11 Å². The number of anilines is 1. The molecule has 0 bridgehead atoms. The van der Waals surface area contributed by atoms with Crippen LogP contribution in [0.2, 0.25) is 10.0 Å².